The molecule has 1 atom stereocenters. The molecular formula is C18H16ClNO3. The van der Waals surface area contributed by atoms with E-state index in [1.807, 2.05) is 36.4 Å². The molecular weight excluding hydrogens is 314 g/mol. The lowest BCUT2D eigenvalue weighted by molar-refractivity contribution is -0.116. The van der Waals surface area contributed by atoms with Gasteiger partial charge in [-0.1, -0.05) is 35.9 Å². The summed E-state index contributed by atoms with van der Waals surface area (Å²) in [6.45, 7) is 0.802. The van der Waals surface area contributed by atoms with Crippen molar-refractivity contribution >= 4 is 23.6 Å². The van der Waals surface area contributed by atoms with E-state index in [0.717, 1.165) is 11.3 Å². The van der Waals surface area contributed by atoms with Crippen LogP contribution in [0, 0.1) is 0 Å². The van der Waals surface area contributed by atoms with Crippen molar-refractivity contribution in [3.63, 3.8) is 0 Å². The maximum absolute atomic E-state index is 11.9. The molecule has 3 rings (SSSR count). The number of carbonyl (C=O) groups is 1. The van der Waals surface area contributed by atoms with Gasteiger partial charge in [0.1, 0.15) is 12.7 Å². The van der Waals surface area contributed by atoms with Gasteiger partial charge < -0.3 is 14.8 Å². The predicted octanol–water partition coefficient (Wildman–Crippen LogP) is 3.31. The summed E-state index contributed by atoms with van der Waals surface area (Å²) in [6, 6.07) is 14.8. The molecule has 0 aliphatic carbocycles. The molecule has 0 fully saturated rings. The second-order valence-electron chi connectivity index (χ2n) is 5.13. The van der Waals surface area contributed by atoms with Gasteiger partial charge in [-0.2, -0.15) is 0 Å². The number of hydrogen-bond donors (Lipinski definition) is 1. The minimum atomic E-state index is -0.196. The first-order chi connectivity index (χ1) is 11.2. The Kier molecular flexibility index (Phi) is 4.83. The molecule has 0 unspecified atom stereocenters. The number of rotatable bonds is 4. The normalized spacial score (nSPS) is 16.3. The summed E-state index contributed by atoms with van der Waals surface area (Å²) < 4.78 is 11.4. The molecule has 1 aliphatic rings. The van der Waals surface area contributed by atoms with Crippen LogP contribution in [0.3, 0.4) is 0 Å². The number of carbonyl (C=O) groups excluding carboxylic acids is 1. The largest absolute Gasteiger partial charge is 0.486 e. The molecule has 0 spiro atoms. The maximum atomic E-state index is 11.9. The van der Waals surface area contributed by atoms with Crippen LogP contribution in [0.5, 0.6) is 11.5 Å². The Labute approximate surface area is 139 Å². The number of ether oxygens (including phenoxy) is 2. The molecule has 4 nitrogen and oxygen atoms in total. The van der Waals surface area contributed by atoms with Gasteiger partial charge in [0.15, 0.2) is 11.5 Å². The van der Waals surface area contributed by atoms with Gasteiger partial charge in [-0.3, -0.25) is 4.79 Å². The number of hydrogen-bond acceptors (Lipinski definition) is 3. The van der Waals surface area contributed by atoms with Crippen LogP contribution in [0.2, 0.25) is 5.02 Å². The smallest absolute Gasteiger partial charge is 0.244 e. The molecule has 0 aromatic heterocycles. The van der Waals surface area contributed by atoms with Crippen LogP contribution in [0.15, 0.2) is 54.6 Å². The van der Waals surface area contributed by atoms with E-state index in [1.165, 1.54) is 6.08 Å². The SMILES string of the molecule is O=C(/C=C\c1ccc(Cl)cc1)NC[C@H]1COc2ccccc2O1. The zero-order valence-corrected chi connectivity index (χ0v) is 13.1. The molecule has 0 saturated carbocycles. The molecule has 0 saturated heterocycles. The monoisotopic (exact) mass is 329 g/mol. The lowest BCUT2D eigenvalue weighted by Crippen LogP contribution is -2.40. The standard InChI is InChI=1S/C18H16ClNO3/c19-14-8-5-13(6-9-14)7-10-18(21)20-11-15-12-22-16-3-1-2-4-17(16)23-15/h1-10,15H,11-12H2,(H,20,21)/b10-7-/t15-/m0/s1. The maximum Gasteiger partial charge on any atom is 0.244 e. The van der Waals surface area contributed by atoms with Crippen molar-refractivity contribution in [3.05, 3.63) is 65.2 Å². The number of amides is 1. The first kappa shape index (κ1) is 15.4. The van der Waals surface area contributed by atoms with Crippen molar-refractivity contribution < 1.29 is 14.3 Å². The molecule has 2 aromatic carbocycles. The molecule has 1 N–H and O–H groups in total. The van der Waals surface area contributed by atoms with Gasteiger partial charge in [0.25, 0.3) is 0 Å². The number of benzene rings is 2. The molecule has 0 radical (unpaired) electrons. The fraction of sp³-hybridized carbons (Fsp3) is 0.167. The predicted molar refractivity (Wildman–Crippen MR) is 89.8 cm³/mol. The van der Waals surface area contributed by atoms with E-state index < -0.39 is 0 Å². The van der Waals surface area contributed by atoms with E-state index in [2.05, 4.69) is 5.32 Å². The summed E-state index contributed by atoms with van der Waals surface area (Å²) in [5.74, 6) is 1.26. The Morgan fingerprint density at radius 3 is 2.70 bits per heavy atom. The highest BCUT2D eigenvalue weighted by Gasteiger charge is 2.20. The van der Waals surface area contributed by atoms with Crippen molar-refractivity contribution in [3.8, 4) is 11.5 Å². The van der Waals surface area contributed by atoms with Crippen LogP contribution in [-0.4, -0.2) is 25.2 Å². The Morgan fingerprint density at radius 1 is 1.17 bits per heavy atom. The number of fused-ring (bicyclic) bond motifs is 1. The van der Waals surface area contributed by atoms with Crippen LogP contribution < -0.4 is 14.8 Å². The minimum absolute atomic E-state index is 0.178. The van der Waals surface area contributed by atoms with Gasteiger partial charge in [-0.25, -0.2) is 0 Å². The average molecular weight is 330 g/mol. The molecule has 0 bridgehead atoms. The lowest BCUT2D eigenvalue weighted by Gasteiger charge is -2.26. The molecule has 1 aliphatic heterocycles. The molecule has 2 aromatic rings. The first-order valence-electron chi connectivity index (χ1n) is 7.31. The zero-order valence-electron chi connectivity index (χ0n) is 12.4. The van der Waals surface area contributed by atoms with Crippen molar-refractivity contribution in [2.75, 3.05) is 13.2 Å². The van der Waals surface area contributed by atoms with Crippen LogP contribution in [0.25, 0.3) is 6.08 Å². The quantitative estimate of drug-likeness (QED) is 0.875. The fourth-order valence-electron chi connectivity index (χ4n) is 2.18. The van der Waals surface area contributed by atoms with Crippen LogP contribution in [0.1, 0.15) is 5.56 Å². The number of halogens is 1. The lowest BCUT2D eigenvalue weighted by atomic mass is 10.2. The second kappa shape index (κ2) is 7.20. The second-order valence-corrected chi connectivity index (χ2v) is 5.56. The van der Waals surface area contributed by atoms with Crippen molar-refractivity contribution in [1.82, 2.24) is 5.32 Å². The molecule has 1 heterocycles. The third-order valence-corrected chi connectivity index (χ3v) is 3.62. The van der Waals surface area contributed by atoms with Crippen LogP contribution >= 0.6 is 11.6 Å². The van der Waals surface area contributed by atoms with E-state index in [-0.39, 0.29) is 12.0 Å². The van der Waals surface area contributed by atoms with Gasteiger partial charge in [0.2, 0.25) is 5.91 Å². The molecule has 1 amide bonds. The highest BCUT2D eigenvalue weighted by atomic mass is 35.5. The van der Waals surface area contributed by atoms with Crippen molar-refractivity contribution in [2.24, 2.45) is 0 Å². The van der Waals surface area contributed by atoms with Crippen molar-refractivity contribution in [2.45, 2.75) is 6.10 Å². The fourth-order valence-corrected chi connectivity index (χ4v) is 2.31. The zero-order chi connectivity index (χ0) is 16.1. The Bertz CT molecular complexity index is 712. The van der Waals surface area contributed by atoms with Gasteiger partial charge in [-0.15, -0.1) is 0 Å². The van der Waals surface area contributed by atoms with Crippen molar-refractivity contribution in [1.29, 1.82) is 0 Å². The third-order valence-electron chi connectivity index (χ3n) is 3.37. The summed E-state index contributed by atoms with van der Waals surface area (Å²) >= 11 is 5.82. The average Bonchev–Trinajstić information content (AvgIpc) is 2.59. The molecule has 118 valence electrons. The van der Waals surface area contributed by atoms with Crippen LogP contribution in [0.4, 0.5) is 0 Å². The highest BCUT2D eigenvalue weighted by molar-refractivity contribution is 6.30. The Hall–Kier alpha value is -2.46. The van der Waals surface area contributed by atoms with Crippen LogP contribution in [-0.2, 0) is 4.79 Å². The Balaban J connectivity index is 1.49. The minimum Gasteiger partial charge on any atom is -0.486 e. The van der Waals surface area contributed by atoms with E-state index in [4.69, 9.17) is 21.1 Å². The van der Waals surface area contributed by atoms with E-state index in [1.54, 1.807) is 18.2 Å². The number of para-hydroxylation sites is 2. The van der Waals surface area contributed by atoms with E-state index in [9.17, 15) is 4.79 Å². The van der Waals surface area contributed by atoms with Gasteiger partial charge in [-0.05, 0) is 35.9 Å². The van der Waals surface area contributed by atoms with Gasteiger partial charge in [0, 0.05) is 11.1 Å². The van der Waals surface area contributed by atoms with Gasteiger partial charge in [0.05, 0.1) is 6.54 Å². The summed E-state index contributed by atoms with van der Waals surface area (Å²) in [5.41, 5.74) is 0.913. The first-order valence-corrected chi connectivity index (χ1v) is 7.68. The summed E-state index contributed by atoms with van der Waals surface area (Å²) in [4.78, 5) is 11.9. The Morgan fingerprint density at radius 2 is 1.91 bits per heavy atom. The van der Waals surface area contributed by atoms with E-state index in [0.29, 0.717) is 23.9 Å². The summed E-state index contributed by atoms with van der Waals surface area (Å²) in [7, 11) is 0. The molecule has 23 heavy (non-hydrogen) atoms. The summed E-state index contributed by atoms with van der Waals surface area (Å²) in [6.07, 6.45) is 3.03. The number of nitrogens with one attached hydrogen (secondary N) is 1. The topological polar surface area (TPSA) is 47.6 Å². The van der Waals surface area contributed by atoms with Gasteiger partial charge >= 0.3 is 0 Å². The van der Waals surface area contributed by atoms with E-state index >= 15 is 0 Å². The molecule has 5 heteroatoms. The summed E-state index contributed by atoms with van der Waals surface area (Å²) in [5, 5.41) is 3.48. The highest BCUT2D eigenvalue weighted by Crippen LogP contribution is 2.30. The third kappa shape index (κ3) is 4.27.